The number of nitrogens with one attached hydrogen (secondary N) is 2. The number of nitriles is 1. The molecular formula is C24H21ClN6O2S. The minimum atomic E-state index is -0.203. The average Bonchev–Trinajstić information content (AvgIpc) is 3.58. The van der Waals surface area contributed by atoms with Crippen molar-refractivity contribution in [3.05, 3.63) is 59.2 Å². The predicted octanol–water partition coefficient (Wildman–Crippen LogP) is 4.86. The molecule has 1 aliphatic rings. The van der Waals surface area contributed by atoms with Crippen molar-refractivity contribution in [2.24, 2.45) is 0 Å². The fourth-order valence-electron chi connectivity index (χ4n) is 4.02. The lowest BCUT2D eigenvalue weighted by atomic mass is 10.1. The summed E-state index contributed by atoms with van der Waals surface area (Å²) in [7, 11) is 0. The van der Waals surface area contributed by atoms with Gasteiger partial charge in [-0.1, -0.05) is 41.6 Å². The van der Waals surface area contributed by atoms with E-state index in [2.05, 4.69) is 26.6 Å². The molecule has 172 valence electrons. The Morgan fingerprint density at radius 2 is 2.21 bits per heavy atom. The lowest BCUT2D eigenvalue weighted by molar-refractivity contribution is -0.113. The number of carbonyl (C=O) groups excluding carboxylic acids is 1. The first kappa shape index (κ1) is 22.5. The lowest BCUT2D eigenvalue weighted by Crippen LogP contribution is -2.18. The highest BCUT2D eigenvalue weighted by atomic mass is 35.5. The molecule has 8 nitrogen and oxygen atoms in total. The van der Waals surface area contributed by atoms with E-state index in [4.69, 9.17) is 21.6 Å². The lowest BCUT2D eigenvalue weighted by Gasteiger charge is -2.14. The molecule has 1 fully saturated rings. The number of carbonyl (C=O) groups is 1. The van der Waals surface area contributed by atoms with Crippen LogP contribution in [-0.4, -0.2) is 44.1 Å². The van der Waals surface area contributed by atoms with E-state index in [1.54, 1.807) is 18.2 Å². The van der Waals surface area contributed by atoms with Gasteiger partial charge in [0.2, 0.25) is 5.91 Å². The number of nitrogens with zero attached hydrogens (tertiary/aromatic N) is 4. The summed E-state index contributed by atoms with van der Waals surface area (Å²) in [6, 6.07) is 14.9. The van der Waals surface area contributed by atoms with Gasteiger partial charge >= 0.3 is 0 Å². The molecule has 1 aliphatic heterocycles. The fourth-order valence-corrected chi connectivity index (χ4v) is 4.99. The van der Waals surface area contributed by atoms with Gasteiger partial charge in [0, 0.05) is 35.0 Å². The molecule has 2 N–H and O–H groups in total. The zero-order valence-corrected chi connectivity index (χ0v) is 19.7. The molecule has 2 aromatic heterocycles. The van der Waals surface area contributed by atoms with Crippen molar-refractivity contribution in [2.45, 2.75) is 30.6 Å². The zero-order chi connectivity index (χ0) is 23.5. The molecule has 0 aliphatic carbocycles. The van der Waals surface area contributed by atoms with Crippen LogP contribution in [0, 0.1) is 11.3 Å². The van der Waals surface area contributed by atoms with Gasteiger partial charge in [-0.15, -0.1) is 10.2 Å². The molecule has 0 bridgehead atoms. The quantitative estimate of drug-likeness (QED) is 0.356. The smallest absolute Gasteiger partial charge is 0.234 e. The minimum absolute atomic E-state index is 0.0916. The van der Waals surface area contributed by atoms with E-state index in [9.17, 15) is 4.79 Å². The zero-order valence-electron chi connectivity index (χ0n) is 18.1. The molecule has 0 saturated carbocycles. The Morgan fingerprint density at radius 1 is 1.32 bits per heavy atom. The van der Waals surface area contributed by atoms with Crippen LogP contribution in [0.3, 0.4) is 0 Å². The number of halogens is 1. The molecule has 1 saturated heterocycles. The average molecular weight is 493 g/mol. The Balaban J connectivity index is 1.36. The third kappa shape index (κ3) is 4.66. The van der Waals surface area contributed by atoms with Crippen molar-refractivity contribution in [3.8, 4) is 17.5 Å². The van der Waals surface area contributed by atoms with Gasteiger partial charge in [-0.25, -0.2) is 0 Å². The first-order chi connectivity index (χ1) is 16.6. The Morgan fingerprint density at radius 3 is 3.00 bits per heavy atom. The summed E-state index contributed by atoms with van der Waals surface area (Å²) < 4.78 is 7.91. The second kappa shape index (κ2) is 9.89. The number of para-hydroxylation sites is 1. The molecule has 4 aromatic rings. The Hall–Kier alpha value is -3.32. The van der Waals surface area contributed by atoms with Crippen LogP contribution in [0.1, 0.15) is 18.4 Å². The Kier molecular flexibility index (Phi) is 6.54. The molecule has 3 heterocycles. The van der Waals surface area contributed by atoms with Gasteiger partial charge in [0.15, 0.2) is 11.0 Å². The van der Waals surface area contributed by atoms with Crippen LogP contribution >= 0.6 is 23.4 Å². The van der Waals surface area contributed by atoms with Gasteiger partial charge in [0.05, 0.1) is 29.0 Å². The SMILES string of the molecule is N#Cc1ccc(NC(=O)CSc2nnc(-c3c[nH]c4ccccc34)n2CC2CCCO2)cc1Cl. The van der Waals surface area contributed by atoms with Crippen molar-refractivity contribution in [3.63, 3.8) is 0 Å². The molecule has 10 heteroatoms. The summed E-state index contributed by atoms with van der Waals surface area (Å²) in [4.78, 5) is 15.9. The Bertz CT molecular complexity index is 1390. The summed E-state index contributed by atoms with van der Waals surface area (Å²) in [6.45, 7) is 1.38. The number of benzene rings is 2. The summed E-state index contributed by atoms with van der Waals surface area (Å²) in [5.41, 5.74) is 2.89. The number of thioether (sulfide) groups is 1. The van der Waals surface area contributed by atoms with E-state index in [1.807, 2.05) is 35.0 Å². The number of anilines is 1. The van der Waals surface area contributed by atoms with Crippen molar-refractivity contribution < 1.29 is 9.53 Å². The third-order valence-electron chi connectivity index (χ3n) is 5.66. The van der Waals surface area contributed by atoms with E-state index < -0.39 is 0 Å². The first-order valence-corrected chi connectivity index (χ1v) is 12.2. The van der Waals surface area contributed by atoms with E-state index >= 15 is 0 Å². The maximum absolute atomic E-state index is 12.6. The molecule has 1 unspecified atom stereocenters. The number of hydrogen-bond donors (Lipinski definition) is 2. The number of aromatic nitrogens is 4. The van der Waals surface area contributed by atoms with Gasteiger partial charge in [-0.05, 0) is 37.1 Å². The van der Waals surface area contributed by atoms with E-state index in [0.29, 0.717) is 28.0 Å². The highest BCUT2D eigenvalue weighted by Crippen LogP contribution is 2.31. The fraction of sp³-hybridized carbons (Fsp3) is 0.250. The molecule has 0 radical (unpaired) electrons. The van der Waals surface area contributed by atoms with Crippen LogP contribution in [0.15, 0.2) is 53.8 Å². The first-order valence-electron chi connectivity index (χ1n) is 10.9. The normalized spacial score (nSPS) is 15.5. The van der Waals surface area contributed by atoms with Crippen LogP contribution in [0.4, 0.5) is 5.69 Å². The predicted molar refractivity (Wildman–Crippen MR) is 132 cm³/mol. The second-order valence-corrected chi connectivity index (χ2v) is 9.29. The molecule has 1 atom stereocenters. The van der Waals surface area contributed by atoms with Gasteiger partial charge in [-0.3, -0.25) is 9.36 Å². The molecule has 1 amide bonds. The van der Waals surface area contributed by atoms with Gasteiger partial charge in [-0.2, -0.15) is 5.26 Å². The van der Waals surface area contributed by atoms with Crippen LogP contribution in [-0.2, 0) is 16.1 Å². The van der Waals surface area contributed by atoms with Gasteiger partial charge in [0.25, 0.3) is 0 Å². The largest absolute Gasteiger partial charge is 0.376 e. The Labute approximate surface area is 205 Å². The van der Waals surface area contributed by atoms with Crippen LogP contribution in [0.2, 0.25) is 5.02 Å². The van der Waals surface area contributed by atoms with Crippen LogP contribution in [0.5, 0.6) is 0 Å². The summed E-state index contributed by atoms with van der Waals surface area (Å²) in [5, 5.41) is 22.7. The van der Waals surface area contributed by atoms with Gasteiger partial charge in [0.1, 0.15) is 6.07 Å². The van der Waals surface area contributed by atoms with Gasteiger partial charge < -0.3 is 15.0 Å². The number of fused-ring (bicyclic) bond motifs is 1. The van der Waals surface area contributed by atoms with E-state index in [1.165, 1.54) is 11.8 Å². The highest BCUT2D eigenvalue weighted by molar-refractivity contribution is 7.99. The molecule has 34 heavy (non-hydrogen) atoms. The van der Waals surface area contributed by atoms with Crippen molar-refractivity contribution in [1.82, 2.24) is 19.7 Å². The van der Waals surface area contributed by atoms with Crippen LogP contribution < -0.4 is 5.32 Å². The minimum Gasteiger partial charge on any atom is -0.376 e. The number of ether oxygens (including phenoxy) is 1. The molecule has 0 spiro atoms. The van der Waals surface area contributed by atoms with E-state index in [0.717, 1.165) is 41.7 Å². The van der Waals surface area contributed by atoms with Crippen LogP contribution in [0.25, 0.3) is 22.3 Å². The highest BCUT2D eigenvalue weighted by Gasteiger charge is 2.23. The van der Waals surface area contributed by atoms with Crippen molar-refractivity contribution in [2.75, 3.05) is 17.7 Å². The number of aromatic amines is 1. The second-order valence-electron chi connectivity index (χ2n) is 7.94. The third-order valence-corrected chi connectivity index (χ3v) is 6.94. The summed E-state index contributed by atoms with van der Waals surface area (Å²) in [6.07, 6.45) is 4.05. The maximum atomic E-state index is 12.6. The monoisotopic (exact) mass is 492 g/mol. The van der Waals surface area contributed by atoms with E-state index in [-0.39, 0.29) is 17.8 Å². The molecule has 5 rings (SSSR count). The summed E-state index contributed by atoms with van der Waals surface area (Å²) in [5.74, 6) is 0.690. The number of rotatable bonds is 7. The maximum Gasteiger partial charge on any atom is 0.234 e. The standard InChI is InChI=1S/C24H21ClN6O2S/c25-20-10-16(8-7-15(20)11-26)28-22(32)14-34-24-30-29-23(31(24)13-17-4-3-9-33-17)19-12-27-21-6-2-1-5-18(19)21/h1-2,5-8,10,12,17,27H,3-4,9,13-14H2,(H,28,32). The number of amides is 1. The number of H-pyrrole nitrogens is 1. The topological polar surface area (TPSA) is 109 Å². The summed E-state index contributed by atoms with van der Waals surface area (Å²) >= 11 is 7.39. The van der Waals surface area contributed by atoms with Crippen molar-refractivity contribution in [1.29, 1.82) is 5.26 Å². The molecular weight excluding hydrogens is 472 g/mol. The molecule has 2 aromatic carbocycles. The van der Waals surface area contributed by atoms with Crippen molar-refractivity contribution >= 4 is 45.9 Å². The number of hydrogen-bond acceptors (Lipinski definition) is 6.